The zero-order chi connectivity index (χ0) is 26.3. The van der Waals surface area contributed by atoms with E-state index in [0.29, 0.717) is 20.8 Å². The Bertz CT molecular complexity index is 1490. The molecule has 0 radical (unpaired) electrons. The van der Waals surface area contributed by atoms with Crippen LogP contribution in [-0.4, -0.2) is 33.3 Å². The average Bonchev–Trinajstić information content (AvgIpc) is 3.23. The molecule has 0 fully saturated rings. The number of nitrogens with zero attached hydrogens (tertiary/aromatic N) is 1. The van der Waals surface area contributed by atoms with Crippen LogP contribution in [0.4, 0.5) is 26.3 Å². The molecule has 0 bridgehead atoms. The Morgan fingerprint density at radius 2 is 1.47 bits per heavy atom. The van der Waals surface area contributed by atoms with Crippen LogP contribution in [-0.2, 0) is 6.54 Å². The first kappa shape index (κ1) is 25.3. The number of hydrogen-bond donors (Lipinski definition) is 2. The van der Waals surface area contributed by atoms with E-state index in [2.05, 4.69) is 4.74 Å². The van der Waals surface area contributed by atoms with Crippen molar-refractivity contribution in [2.24, 2.45) is 0 Å². The van der Waals surface area contributed by atoms with Gasteiger partial charge in [-0.3, -0.25) is 14.3 Å². The number of fused-ring (bicyclic) bond motifs is 1. The standard InChI is InChI=1S/C22H14F6N2O5S/c23-21(24,25)17(31)10-30-19-15(18(32)29-20(30)33)9-16(36-19)11-1-3-12(4-2-11)34-13-5-7-14(8-6-13)35-22(26,27)28/h1-9,17,31H,10H2,(H,29,32,33). The molecule has 0 amide bonds. The van der Waals surface area contributed by atoms with E-state index in [-0.39, 0.29) is 16.0 Å². The van der Waals surface area contributed by atoms with Crippen LogP contribution >= 0.6 is 11.3 Å². The number of rotatable bonds is 6. The topological polar surface area (TPSA) is 93.6 Å². The average molecular weight is 532 g/mol. The number of ether oxygens (including phenoxy) is 2. The van der Waals surface area contributed by atoms with E-state index in [4.69, 9.17) is 4.74 Å². The summed E-state index contributed by atoms with van der Waals surface area (Å²) in [6, 6.07) is 12.4. The van der Waals surface area contributed by atoms with Gasteiger partial charge in [0, 0.05) is 4.88 Å². The lowest BCUT2D eigenvalue weighted by Crippen LogP contribution is -2.38. The van der Waals surface area contributed by atoms with Crippen LogP contribution in [0.25, 0.3) is 20.7 Å². The molecular formula is C22H14F6N2O5S. The first-order chi connectivity index (χ1) is 16.8. The smallest absolute Gasteiger partial charge is 0.457 e. The van der Waals surface area contributed by atoms with E-state index in [1.165, 1.54) is 30.3 Å². The van der Waals surface area contributed by atoms with Crippen molar-refractivity contribution in [3.05, 3.63) is 75.4 Å². The number of hydrogen-bond acceptors (Lipinski definition) is 6. The molecule has 2 aromatic heterocycles. The summed E-state index contributed by atoms with van der Waals surface area (Å²) in [5.41, 5.74) is -1.32. The predicted molar refractivity (Wildman–Crippen MR) is 117 cm³/mol. The number of benzene rings is 2. The van der Waals surface area contributed by atoms with Crippen molar-refractivity contribution in [1.82, 2.24) is 9.55 Å². The third-order valence-electron chi connectivity index (χ3n) is 4.83. The van der Waals surface area contributed by atoms with Crippen molar-refractivity contribution in [1.29, 1.82) is 0 Å². The number of halogens is 6. The van der Waals surface area contributed by atoms with E-state index >= 15 is 0 Å². The van der Waals surface area contributed by atoms with Crippen molar-refractivity contribution in [2.45, 2.75) is 25.2 Å². The predicted octanol–water partition coefficient (Wildman–Crippen LogP) is 5.03. The summed E-state index contributed by atoms with van der Waals surface area (Å²) in [7, 11) is 0. The summed E-state index contributed by atoms with van der Waals surface area (Å²) < 4.78 is 85.2. The minimum absolute atomic E-state index is 0.0227. The van der Waals surface area contributed by atoms with Crippen LogP contribution in [0.2, 0.25) is 0 Å². The van der Waals surface area contributed by atoms with Gasteiger partial charge in [-0.15, -0.1) is 24.5 Å². The number of alkyl halides is 6. The van der Waals surface area contributed by atoms with Gasteiger partial charge in [0.05, 0.1) is 11.9 Å². The maximum Gasteiger partial charge on any atom is 0.573 e. The summed E-state index contributed by atoms with van der Waals surface area (Å²) in [6.07, 6.45) is -12.6. The molecule has 4 rings (SSSR count). The lowest BCUT2D eigenvalue weighted by Gasteiger charge is -2.15. The molecule has 1 unspecified atom stereocenters. The normalized spacial score (nSPS) is 13.1. The molecule has 0 spiro atoms. The zero-order valence-corrected chi connectivity index (χ0v) is 18.5. The number of thiophene rings is 1. The van der Waals surface area contributed by atoms with Gasteiger partial charge in [-0.2, -0.15) is 13.2 Å². The highest BCUT2D eigenvalue weighted by atomic mass is 32.1. The van der Waals surface area contributed by atoms with Crippen LogP contribution < -0.4 is 20.7 Å². The van der Waals surface area contributed by atoms with Crippen molar-refractivity contribution >= 4 is 21.6 Å². The SMILES string of the molecule is O=c1[nH]c(=O)n(CC(O)C(F)(F)F)c2sc(-c3ccc(Oc4ccc(OC(F)(F)F)cc4)cc3)cc12. The summed E-state index contributed by atoms with van der Waals surface area (Å²) in [4.78, 5) is 26.7. The third kappa shape index (κ3) is 5.71. The Hall–Kier alpha value is -3.78. The molecule has 0 saturated carbocycles. The van der Waals surface area contributed by atoms with Gasteiger partial charge in [0.15, 0.2) is 6.10 Å². The first-order valence-electron chi connectivity index (χ1n) is 9.96. The molecular weight excluding hydrogens is 518 g/mol. The summed E-state index contributed by atoms with van der Waals surface area (Å²) in [6.45, 7) is -1.09. The molecule has 7 nitrogen and oxygen atoms in total. The van der Waals surface area contributed by atoms with Gasteiger partial charge in [0.25, 0.3) is 5.56 Å². The summed E-state index contributed by atoms with van der Waals surface area (Å²) >= 11 is 0.892. The van der Waals surface area contributed by atoms with Crippen molar-refractivity contribution in [3.63, 3.8) is 0 Å². The second-order valence-electron chi connectivity index (χ2n) is 7.40. The molecule has 2 N–H and O–H groups in total. The second-order valence-corrected chi connectivity index (χ2v) is 8.43. The Morgan fingerprint density at radius 1 is 0.917 bits per heavy atom. The quantitative estimate of drug-likeness (QED) is 0.340. The van der Waals surface area contributed by atoms with Crippen molar-refractivity contribution < 1.29 is 40.9 Å². The number of aliphatic hydroxyl groups is 1. The van der Waals surface area contributed by atoms with Gasteiger partial charge in [0.1, 0.15) is 22.1 Å². The van der Waals surface area contributed by atoms with E-state index < -0.39 is 42.2 Å². The minimum atomic E-state index is -4.95. The molecule has 4 aromatic rings. The van der Waals surface area contributed by atoms with Crippen molar-refractivity contribution in [2.75, 3.05) is 0 Å². The van der Waals surface area contributed by atoms with Crippen LogP contribution in [0.3, 0.4) is 0 Å². The van der Waals surface area contributed by atoms with Crippen LogP contribution in [0, 0.1) is 0 Å². The van der Waals surface area contributed by atoms with Gasteiger partial charge < -0.3 is 14.6 Å². The zero-order valence-electron chi connectivity index (χ0n) is 17.7. The summed E-state index contributed by atoms with van der Waals surface area (Å²) in [5.74, 6) is 0.150. The fourth-order valence-corrected chi connectivity index (χ4v) is 4.35. The van der Waals surface area contributed by atoms with Gasteiger partial charge >= 0.3 is 18.2 Å². The van der Waals surface area contributed by atoms with Gasteiger partial charge in [0.2, 0.25) is 0 Å². The molecule has 2 aromatic carbocycles. The number of aliphatic hydroxyl groups excluding tert-OH is 1. The number of aromatic amines is 1. The highest BCUT2D eigenvalue weighted by Crippen LogP contribution is 2.34. The monoisotopic (exact) mass is 532 g/mol. The Morgan fingerprint density at radius 3 is 2.03 bits per heavy atom. The Kier molecular flexibility index (Phi) is 6.58. The van der Waals surface area contributed by atoms with E-state index in [1.807, 2.05) is 4.98 Å². The molecule has 0 aliphatic rings. The Labute approximate surface area is 200 Å². The first-order valence-corrected chi connectivity index (χ1v) is 10.8. The molecule has 0 saturated heterocycles. The third-order valence-corrected chi connectivity index (χ3v) is 6.04. The van der Waals surface area contributed by atoms with E-state index in [9.17, 15) is 41.0 Å². The number of H-pyrrole nitrogens is 1. The Balaban J connectivity index is 1.57. The van der Waals surface area contributed by atoms with Gasteiger partial charge in [-0.25, -0.2) is 4.79 Å². The fourth-order valence-electron chi connectivity index (χ4n) is 3.19. The van der Waals surface area contributed by atoms with Crippen LogP contribution in [0.5, 0.6) is 17.2 Å². The molecule has 0 aliphatic carbocycles. The molecule has 14 heteroatoms. The van der Waals surface area contributed by atoms with E-state index in [1.54, 1.807) is 12.1 Å². The molecule has 0 aliphatic heterocycles. The highest BCUT2D eigenvalue weighted by Gasteiger charge is 2.39. The van der Waals surface area contributed by atoms with Crippen LogP contribution in [0.15, 0.2) is 64.2 Å². The second kappa shape index (κ2) is 9.35. The molecule has 2 heterocycles. The lowest BCUT2D eigenvalue weighted by molar-refractivity contribution is -0.274. The summed E-state index contributed by atoms with van der Waals surface area (Å²) in [5, 5.41) is 9.37. The van der Waals surface area contributed by atoms with Crippen LogP contribution in [0.1, 0.15) is 0 Å². The highest BCUT2D eigenvalue weighted by molar-refractivity contribution is 7.21. The largest absolute Gasteiger partial charge is 0.573 e. The van der Waals surface area contributed by atoms with E-state index in [0.717, 1.165) is 23.5 Å². The molecule has 190 valence electrons. The molecule has 1 atom stereocenters. The maximum atomic E-state index is 12.8. The van der Waals surface area contributed by atoms with Gasteiger partial charge in [-0.1, -0.05) is 0 Å². The lowest BCUT2D eigenvalue weighted by atomic mass is 10.2. The maximum absolute atomic E-state index is 12.8. The van der Waals surface area contributed by atoms with Gasteiger partial charge in [-0.05, 0) is 60.2 Å². The number of nitrogens with one attached hydrogen (secondary N) is 1. The van der Waals surface area contributed by atoms with Crippen molar-refractivity contribution in [3.8, 4) is 27.7 Å². The molecule has 36 heavy (non-hydrogen) atoms. The minimum Gasteiger partial charge on any atom is -0.457 e. The fraction of sp³-hybridized carbons (Fsp3) is 0.182. The number of aromatic nitrogens is 2.